The Morgan fingerprint density at radius 1 is 0.941 bits per heavy atom. The Labute approximate surface area is 113 Å². The fourth-order valence-electron chi connectivity index (χ4n) is 2.14. The highest BCUT2D eigenvalue weighted by Crippen LogP contribution is 2.14. The molecule has 1 rings (SSSR count). The number of aryl methyl sites for hydroxylation is 1. The number of unbranched alkanes of at least 4 members (excludes halogenated alkanes) is 8. The lowest BCUT2D eigenvalue weighted by Crippen LogP contribution is -1.93. The van der Waals surface area contributed by atoms with Gasteiger partial charge in [0.1, 0.15) is 0 Å². The van der Waals surface area contributed by atoms with Crippen molar-refractivity contribution in [1.82, 2.24) is 0 Å². The Bertz CT molecular complexity index is 280. The van der Waals surface area contributed by atoms with Gasteiger partial charge in [-0.3, -0.25) is 0 Å². The van der Waals surface area contributed by atoms with Gasteiger partial charge in [-0.15, -0.1) is 11.3 Å². The smallest absolute Gasteiger partial charge is 0.0411 e. The van der Waals surface area contributed by atoms with Crippen molar-refractivity contribution in [2.75, 3.05) is 0 Å². The summed E-state index contributed by atoms with van der Waals surface area (Å²) in [7, 11) is 4.46. The van der Waals surface area contributed by atoms with Crippen molar-refractivity contribution in [3.8, 4) is 0 Å². The first kappa shape index (κ1) is 15.2. The Morgan fingerprint density at radius 3 is 2.06 bits per heavy atom. The molecule has 1 aromatic heterocycles. The van der Waals surface area contributed by atoms with E-state index in [4.69, 9.17) is 0 Å². The Balaban J connectivity index is 1.86. The van der Waals surface area contributed by atoms with Crippen LogP contribution in [-0.2, 0) is 6.42 Å². The molecule has 0 fully saturated rings. The van der Waals surface area contributed by atoms with Gasteiger partial charge in [-0.05, 0) is 29.9 Å². The maximum Gasteiger partial charge on any atom is 0.0411 e. The van der Waals surface area contributed by atoms with Crippen LogP contribution in [0.15, 0.2) is 11.4 Å². The Kier molecular flexibility index (Phi) is 9.01. The van der Waals surface area contributed by atoms with E-state index in [2.05, 4.69) is 27.6 Å². The predicted octanol–water partition coefficient (Wildman–Crippen LogP) is 5.86. The molecule has 0 spiro atoms. The summed E-state index contributed by atoms with van der Waals surface area (Å²) >= 11 is 1.75. The van der Waals surface area contributed by atoms with Crippen LogP contribution in [0.4, 0.5) is 0 Å². The van der Waals surface area contributed by atoms with E-state index in [-0.39, 0.29) is 0 Å². The van der Waals surface area contributed by atoms with Crippen molar-refractivity contribution in [1.29, 1.82) is 0 Å². The lowest BCUT2D eigenvalue weighted by atomic mass is 10.1. The summed E-state index contributed by atoms with van der Waals surface area (Å²) in [5, 5.41) is 2.14. The normalized spacial score (nSPS) is 10.9. The molecule has 0 aromatic carbocycles. The fourth-order valence-corrected chi connectivity index (χ4v) is 3.20. The minimum Gasteiger partial charge on any atom is -0.143 e. The number of thiophene rings is 1. The van der Waals surface area contributed by atoms with Gasteiger partial charge < -0.3 is 0 Å². The molecule has 0 unspecified atom stereocenters. The first-order valence-corrected chi connectivity index (χ1v) is 8.42. The molecule has 0 atom stereocenters. The molecule has 1 aromatic rings. The van der Waals surface area contributed by atoms with Crippen LogP contribution in [-0.4, -0.2) is 0 Å². The summed E-state index contributed by atoms with van der Waals surface area (Å²) in [4.78, 5) is 0. The van der Waals surface area contributed by atoms with Crippen molar-refractivity contribution in [3.05, 3.63) is 17.0 Å². The summed E-state index contributed by atoms with van der Waals surface area (Å²) in [6, 6.07) is 2.22. The van der Waals surface area contributed by atoms with E-state index in [1.165, 1.54) is 74.4 Å². The van der Waals surface area contributed by atoms with Crippen LogP contribution >= 0.6 is 20.6 Å². The SMILES string of the molecule is CCCCCCCCCCCc1ccsc1[P]. The summed E-state index contributed by atoms with van der Waals surface area (Å²) in [5.41, 5.74) is 1.45. The van der Waals surface area contributed by atoms with E-state index in [1.54, 1.807) is 11.3 Å². The van der Waals surface area contributed by atoms with E-state index in [0.29, 0.717) is 0 Å². The molecule has 96 valence electrons. The molecular weight excluding hydrogens is 243 g/mol. The van der Waals surface area contributed by atoms with Crippen molar-refractivity contribution in [2.45, 2.75) is 71.1 Å². The van der Waals surface area contributed by atoms with Gasteiger partial charge in [-0.1, -0.05) is 58.3 Å². The van der Waals surface area contributed by atoms with Gasteiger partial charge in [0.15, 0.2) is 0 Å². The second-order valence-corrected chi connectivity index (χ2v) is 6.50. The number of hydrogen-bond donors (Lipinski definition) is 0. The highest BCUT2D eigenvalue weighted by Gasteiger charge is 1.99. The molecule has 0 bridgehead atoms. The zero-order valence-corrected chi connectivity index (χ0v) is 12.8. The van der Waals surface area contributed by atoms with Crippen LogP contribution in [0.2, 0.25) is 0 Å². The van der Waals surface area contributed by atoms with Crippen LogP contribution in [0.5, 0.6) is 0 Å². The summed E-state index contributed by atoms with van der Waals surface area (Å²) in [6.45, 7) is 2.28. The molecule has 0 N–H and O–H groups in total. The van der Waals surface area contributed by atoms with Gasteiger partial charge >= 0.3 is 0 Å². The van der Waals surface area contributed by atoms with E-state index < -0.39 is 0 Å². The van der Waals surface area contributed by atoms with Gasteiger partial charge in [0.05, 0.1) is 0 Å². The lowest BCUT2D eigenvalue weighted by Gasteiger charge is -2.02. The molecule has 1 heterocycles. The zero-order chi connectivity index (χ0) is 12.3. The zero-order valence-electron chi connectivity index (χ0n) is 11.1. The highest BCUT2D eigenvalue weighted by molar-refractivity contribution is 7.43. The largest absolute Gasteiger partial charge is 0.143 e. The first-order chi connectivity index (χ1) is 8.34. The molecular formula is C15H25PS. The standard InChI is InChI=1S/C15H25PS/c1-2-3-4-5-6-7-8-9-10-11-14-12-13-17-15(14)16/h12-13H,2-11H2,1H3. The number of hydrogen-bond acceptors (Lipinski definition) is 1. The molecule has 17 heavy (non-hydrogen) atoms. The van der Waals surface area contributed by atoms with Crippen molar-refractivity contribution in [3.63, 3.8) is 0 Å². The quantitative estimate of drug-likeness (QED) is 0.368. The van der Waals surface area contributed by atoms with Crippen molar-refractivity contribution in [2.24, 2.45) is 0 Å². The molecule has 2 radical (unpaired) electrons. The average Bonchev–Trinajstić information content (AvgIpc) is 2.73. The molecule has 0 amide bonds. The van der Waals surface area contributed by atoms with Crippen LogP contribution < -0.4 is 4.62 Å². The molecule has 2 heteroatoms. The third-order valence-corrected chi connectivity index (χ3v) is 4.63. The van der Waals surface area contributed by atoms with Crippen LogP contribution in [0.25, 0.3) is 0 Å². The van der Waals surface area contributed by atoms with E-state index in [9.17, 15) is 0 Å². The van der Waals surface area contributed by atoms with Crippen LogP contribution in [0.1, 0.15) is 70.3 Å². The van der Waals surface area contributed by atoms with Gasteiger partial charge in [-0.25, -0.2) is 0 Å². The van der Waals surface area contributed by atoms with E-state index >= 15 is 0 Å². The van der Waals surface area contributed by atoms with Gasteiger partial charge in [-0.2, -0.15) is 0 Å². The van der Waals surface area contributed by atoms with Crippen molar-refractivity contribution >= 4 is 25.2 Å². The van der Waals surface area contributed by atoms with Crippen molar-refractivity contribution < 1.29 is 0 Å². The summed E-state index contributed by atoms with van der Waals surface area (Å²) in [6.07, 6.45) is 13.9. The second kappa shape index (κ2) is 10.1. The summed E-state index contributed by atoms with van der Waals surface area (Å²) < 4.78 is 1.21. The third kappa shape index (κ3) is 7.21. The molecule has 0 aliphatic heterocycles. The van der Waals surface area contributed by atoms with Gasteiger partial charge in [0.2, 0.25) is 0 Å². The Morgan fingerprint density at radius 2 is 1.53 bits per heavy atom. The summed E-state index contributed by atoms with van der Waals surface area (Å²) in [5.74, 6) is 0. The molecule has 0 aliphatic carbocycles. The minimum atomic E-state index is 1.21. The third-order valence-electron chi connectivity index (χ3n) is 3.27. The average molecular weight is 268 g/mol. The maximum absolute atomic E-state index is 4.46. The second-order valence-electron chi connectivity index (χ2n) is 4.83. The van der Waals surface area contributed by atoms with E-state index in [0.717, 1.165) is 0 Å². The minimum absolute atomic E-state index is 1.21. The van der Waals surface area contributed by atoms with Crippen LogP contribution in [0.3, 0.4) is 0 Å². The van der Waals surface area contributed by atoms with Crippen LogP contribution in [0, 0.1) is 0 Å². The predicted molar refractivity (Wildman–Crippen MR) is 81.8 cm³/mol. The van der Waals surface area contributed by atoms with Gasteiger partial charge in [0, 0.05) is 13.9 Å². The van der Waals surface area contributed by atoms with E-state index in [1.807, 2.05) is 0 Å². The monoisotopic (exact) mass is 268 g/mol. The molecule has 0 aliphatic rings. The maximum atomic E-state index is 4.46. The molecule has 0 saturated heterocycles. The highest BCUT2D eigenvalue weighted by atomic mass is 32.1. The van der Waals surface area contributed by atoms with Gasteiger partial charge in [0.25, 0.3) is 0 Å². The Hall–Kier alpha value is 0.130. The first-order valence-electron chi connectivity index (χ1n) is 7.10. The fraction of sp³-hybridized carbons (Fsp3) is 0.733. The molecule has 0 nitrogen and oxygen atoms in total. The topological polar surface area (TPSA) is 0 Å². The number of rotatable bonds is 10. The molecule has 0 saturated carbocycles. The lowest BCUT2D eigenvalue weighted by molar-refractivity contribution is 0.565.